The van der Waals surface area contributed by atoms with Gasteiger partial charge in [-0.2, -0.15) is 0 Å². The Morgan fingerprint density at radius 1 is 1.23 bits per heavy atom. The van der Waals surface area contributed by atoms with Gasteiger partial charge in [0.15, 0.2) is 10.2 Å². The Kier molecular flexibility index (Phi) is 6.73. The van der Waals surface area contributed by atoms with Gasteiger partial charge in [-0.3, -0.25) is 9.59 Å². The van der Waals surface area contributed by atoms with Gasteiger partial charge in [-0.1, -0.05) is 45.9 Å². The van der Waals surface area contributed by atoms with Crippen molar-refractivity contribution in [3.8, 4) is 0 Å². The molecule has 4 rings (SSSR count). The van der Waals surface area contributed by atoms with E-state index in [9.17, 15) is 9.59 Å². The third-order valence-corrected chi connectivity index (χ3v) is 6.88. The normalized spacial score (nSPS) is 14.0. The molecule has 3 aromatic rings. The molecule has 3 heterocycles. The van der Waals surface area contributed by atoms with Crippen molar-refractivity contribution in [2.24, 2.45) is 0 Å². The number of carbonyl (C=O) groups excluding carboxylic acids is 2. The first-order chi connectivity index (χ1) is 15.0. The molecule has 1 fully saturated rings. The van der Waals surface area contributed by atoms with Crippen molar-refractivity contribution >= 4 is 57.5 Å². The maximum Gasteiger partial charge on any atom is 0.254 e. The quantitative estimate of drug-likeness (QED) is 0.538. The number of benzene rings is 1. The molecule has 0 saturated carbocycles. The largest absolute Gasteiger partial charge is 0.360 e. The standard InChI is InChI=1S/C19H19ClN6O3S2/c1-12-9-15(24-29-12)21-16(27)11-30-19-23-22-18(31-19)26-7-5-25(6-8-26)17(28)13-3-2-4-14(20)10-13/h2-4,9-10H,5-8,11H2,1H3,(H,21,24,27). The van der Waals surface area contributed by atoms with Crippen LogP contribution in [0.1, 0.15) is 16.1 Å². The number of nitrogens with one attached hydrogen (secondary N) is 1. The lowest BCUT2D eigenvalue weighted by Gasteiger charge is -2.34. The van der Waals surface area contributed by atoms with Crippen LogP contribution in [0.3, 0.4) is 0 Å². The molecule has 0 radical (unpaired) electrons. The van der Waals surface area contributed by atoms with Crippen LogP contribution in [0, 0.1) is 6.92 Å². The van der Waals surface area contributed by atoms with Crippen molar-refractivity contribution in [3.63, 3.8) is 0 Å². The van der Waals surface area contributed by atoms with Gasteiger partial charge < -0.3 is 19.6 Å². The van der Waals surface area contributed by atoms with Crippen molar-refractivity contribution in [1.82, 2.24) is 20.3 Å². The SMILES string of the molecule is Cc1cc(NC(=O)CSc2nnc(N3CCN(C(=O)c4cccc(Cl)c4)CC3)s2)no1. The molecule has 0 atom stereocenters. The fourth-order valence-electron chi connectivity index (χ4n) is 3.03. The van der Waals surface area contributed by atoms with Gasteiger partial charge in [-0.25, -0.2) is 0 Å². The first-order valence-corrected chi connectivity index (χ1v) is 11.7. The van der Waals surface area contributed by atoms with Crippen LogP contribution in [0.4, 0.5) is 10.9 Å². The number of halogens is 1. The van der Waals surface area contributed by atoms with Crippen molar-refractivity contribution < 1.29 is 14.1 Å². The van der Waals surface area contributed by atoms with E-state index >= 15 is 0 Å². The summed E-state index contributed by atoms with van der Waals surface area (Å²) in [6.45, 7) is 4.27. The van der Waals surface area contributed by atoms with E-state index in [0.29, 0.717) is 52.7 Å². The average Bonchev–Trinajstić information content (AvgIpc) is 3.41. The number of amides is 2. The van der Waals surface area contributed by atoms with Crippen LogP contribution in [-0.4, -0.2) is 64.0 Å². The molecule has 2 aromatic heterocycles. The summed E-state index contributed by atoms with van der Waals surface area (Å²) in [5, 5.41) is 16.1. The van der Waals surface area contributed by atoms with Gasteiger partial charge in [0, 0.05) is 42.8 Å². The van der Waals surface area contributed by atoms with Gasteiger partial charge in [-0.15, -0.1) is 10.2 Å². The summed E-state index contributed by atoms with van der Waals surface area (Å²) in [5.41, 5.74) is 0.592. The van der Waals surface area contributed by atoms with Crippen LogP contribution in [0.5, 0.6) is 0 Å². The molecule has 1 aliphatic heterocycles. The molecule has 1 saturated heterocycles. The number of aryl methyl sites for hydroxylation is 1. The highest BCUT2D eigenvalue weighted by molar-refractivity contribution is 8.01. The second kappa shape index (κ2) is 9.67. The Labute approximate surface area is 191 Å². The summed E-state index contributed by atoms with van der Waals surface area (Å²) in [6.07, 6.45) is 0. The minimum atomic E-state index is -0.191. The third-order valence-electron chi connectivity index (χ3n) is 4.53. The van der Waals surface area contributed by atoms with Gasteiger partial charge >= 0.3 is 0 Å². The molecule has 1 aromatic carbocycles. The monoisotopic (exact) mass is 478 g/mol. The fraction of sp³-hybridized carbons (Fsp3) is 0.316. The Morgan fingerprint density at radius 3 is 2.74 bits per heavy atom. The number of aromatic nitrogens is 3. The summed E-state index contributed by atoms with van der Waals surface area (Å²) in [4.78, 5) is 28.6. The van der Waals surface area contributed by atoms with Crippen LogP contribution in [0.15, 0.2) is 39.2 Å². The van der Waals surface area contributed by atoms with E-state index in [1.54, 1.807) is 37.3 Å². The van der Waals surface area contributed by atoms with Crippen molar-refractivity contribution in [2.45, 2.75) is 11.3 Å². The Balaban J connectivity index is 1.26. The van der Waals surface area contributed by atoms with E-state index < -0.39 is 0 Å². The molecule has 1 aliphatic rings. The van der Waals surface area contributed by atoms with Crippen molar-refractivity contribution in [1.29, 1.82) is 0 Å². The summed E-state index contributed by atoms with van der Waals surface area (Å²) in [7, 11) is 0. The third kappa shape index (κ3) is 5.54. The van der Waals surface area contributed by atoms with Gasteiger partial charge in [-0.05, 0) is 25.1 Å². The molecule has 31 heavy (non-hydrogen) atoms. The van der Waals surface area contributed by atoms with E-state index in [2.05, 4.69) is 25.6 Å². The second-order valence-electron chi connectivity index (χ2n) is 6.80. The fourth-order valence-corrected chi connectivity index (χ4v) is 4.91. The van der Waals surface area contributed by atoms with E-state index in [0.717, 1.165) is 5.13 Å². The number of anilines is 2. The van der Waals surface area contributed by atoms with Gasteiger partial charge in [0.05, 0.1) is 5.75 Å². The summed E-state index contributed by atoms with van der Waals surface area (Å²) >= 11 is 8.74. The molecule has 0 aliphatic carbocycles. The first kappa shape index (κ1) is 21.6. The van der Waals surface area contributed by atoms with Crippen LogP contribution in [0.2, 0.25) is 5.02 Å². The molecule has 162 valence electrons. The number of carbonyl (C=O) groups is 2. The van der Waals surface area contributed by atoms with Gasteiger partial charge in [0.2, 0.25) is 11.0 Å². The molecule has 0 bridgehead atoms. The number of piperazine rings is 1. The van der Waals surface area contributed by atoms with Crippen molar-refractivity contribution in [3.05, 3.63) is 46.7 Å². The predicted molar refractivity (Wildman–Crippen MR) is 120 cm³/mol. The lowest BCUT2D eigenvalue weighted by atomic mass is 10.2. The number of rotatable bonds is 6. The molecule has 2 amide bonds. The summed E-state index contributed by atoms with van der Waals surface area (Å²) < 4.78 is 5.63. The van der Waals surface area contributed by atoms with Gasteiger partial charge in [0.1, 0.15) is 5.76 Å². The highest BCUT2D eigenvalue weighted by atomic mass is 35.5. The maximum atomic E-state index is 12.7. The highest BCUT2D eigenvalue weighted by Crippen LogP contribution is 2.29. The van der Waals surface area contributed by atoms with Crippen LogP contribution < -0.4 is 10.2 Å². The van der Waals surface area contributed by atoms with E-state index in [1.807, 2.05) is 4.90 Å². The molecular formula is C19H19ClN6O3S2. The maximum absolute atomic E-state index is 12.7. The van der Waals surface area contributed by atoms with Crippen molar-refractivity contribution in [2.75, 3.05) is 42.1 Å². The Bertz CT molecular complexity index is 1080. The summed E-state index contributed by atoms with van der Waals surface area (Å²) in [6, 6.07) is 8.64. The number of hydrogen-bond acceptors (Lipinski definition) is 9. The Morgan fingerprint density at radius 2 is 2.03 bits per heavy atom. The lowest BCUT2D eigenvalue weighted by Crippen LogP contribution is -2.48. The zero-order chi connectivity index (χ0) is 21.8. The molecule has 9 nitrogen and oxygen atoms in total. The highest BCUT2D eigenvalue weighted by Gasteiger charge is 2.24. The van der Waals surface area contributed by atoms with Crippen LogP contribution in [-0.2, 0) is 4.79 Å². The first-order valence-electron chi connectivity index (χ1n) is 9.47. The van der Waals surface area contributed by atoms with Gasteiger partial charge in [0.25, 0.3) is 5.91 Å². The molecule has 0 unspecified atom stereocenters. The number of hydrogen-bond donors (Lipinski definition) is 1. The number of nitrogens with zero attached hydrogens (tertiary/aromatic N) is 5. The topological polar surface area (TPSA) is 104 Å². The number of thioether (sulfide) groups is 1. The summed E-state index contributed by atoms with van der Waals surface area (Å²) in [5.74, 6) is 1.01. The van der Waals surface area contributed by atoms with E-state index in [-0.39, 0.29) is 17.6 Å². The zero-order valence-corrected chi connectivity index (χ0v) is 19.0. The predicted octanol–water partition coefficient (Wildman–Crippen LogP) is 3.18. The minimum Gasteiger partial charge on any atom is -0.360 e. The smallest absolute Gasteiger partial charge is 0.254 e. The minimum absolute atomic E-state index is 0.0241. The molecule has 12 heteroatoms. The lowest BCUT2D eigenvalue weighted by molar-refractivity contribution is -0.113. The molecular weight excluding hydrogens is 460 g/mol. The van der Waals surface area contributed by atoms with E-state index in [4.69, 9.17) is 16.1 Å². The van der Waals surface area contributed by atoms with Crippen LogP contribution >= 0.6 is 34.7 Å². The Hall–Kier alpha value is -2.63. The van der Waals surface area contributed by atoms with Crippen LogP contribution in [0.25, 0.3) is 0 Å². The zero-order valence-electron chi connectivity index (χ0n) is 16.6. The molecule has 1 N–H and O–H groups in total. The molecule has 0 spiro atoms. The average molecular weight is 479 g/mol. The van der Waals surface area contributed by atoms with E-state index in [1.165, 1.54) is 23.1 Å². The second-order valence-corrected chi connectivity index (χ2v) is 9.41.